The van der Waals surface area contributed by atoms with Gasteiger partial charge in [0.1, 0.15) is 19.3 Å². The van der Waals surface area contributed by atoms with Crippen LogP contribution in [0.1, 0.15) is 415 Å². The van der Waals surface area contributed by atoms with Gasteiger partial charge in [-0.1, -0.05) is 364 Å². The number of aliphatic hydroxyl groups excluding tert-OH is 1. The highest BCUT2D eigenvalue weighted by Crippen LogP contribution is 2.45. The summed E-state index contributed by atoms with van der Waals surface area (Å²) in [7, 11) is -9.92. The molecular weight excluding hydrogens is 1310 g/mol. The molecule has 0 aromatic heterocycles. The standard InChI is InChI=1S/C81H158O17P2/c1-71(2)57-49-41-33-27-21-15-11-9-10-12-18-25-31-37-47-55-63-80(85)97-76(67-91-78(83)61-53-45-36-30-24-19-13-16-22-28-34-42-50-58-72(3)4)69-95-99(87,88)93-65-75(82)66-94-100(89,90)96-70-77(68-92-79(84)62-54-46-40-39-44-52-60-74(7)8)98-81(86)64-56-48-38-32-26-20-14-17-23-29-35-43-51-59-73(5)6/h71-77,82H,9-70H2,1-8H3,(H,87,88)(H,89,90)/t75-,76-,77-/m1/s1. The Morgan fingerprint density at radius 1 is 0.250 bits per heavy atom. The maximum absolute atomic E-state index is 13.1. The molecule has 0 aliphatic rings. The zero-order chi connectivity index (χ0) is 73.8. The second-order valence-corrected chi connectivity index (χ2v) is 34.0. The Kier molecular flexibility index (Phi) is 68.7. The molecule has 0 heterocycles. The number of ether oxygens (including phenoxy) is 4. The fourth-order valence-corrected chi connectivity index (χ4v) is 14.0. The van der Waals surface area contributed by atoms with Gasteiger partial charge in [0.15, 0.2) is 12.2 Å². The van der Waals surface area contributed by atoms with Crippen LogP contribution in [-0.4, -0.2) is 96.7 Å². The summed E-state index contributed by atoms with van der Waals surface area (Å²) in [6, 6.07) is 0. The van der Waals surface area contributed by atoms with Crippen molar-refractivity contribution in [2.24, 2.45) is 23.7 Å². The van der Waals surface area contributed by atoms with E-state index in [2.05, 4.69) is 55.4 Å². The lowest BCUT2D eigenvalue weighted by molar-refractivity contribution is -0.161. The maximum atomic E-state index is 13.1. The third-order valence-electron chi connectivity index (χ3n) is 18.8. The predicted molar refractivity (Wildman–Crippen MR) is 409 cm³/mol. The van der Waals surface area contributed by atoms with E-state index in [9.17, 15) is 43.2 Å². The molecule has 0 bridgehead atoms. The fourth-order valence-electron chi connectivity index (χ4n) is 12.4. The van der Waals surface area contributed by atoms with Crippen molar-refractivity contribution < 1.29 is 80.2 Å². The topological polar surface area (TPSA) is 237 Å². The highest BCUT2D eigenvalue weighted by molar-refractivity contribution is 7.47. The number of phosphoric ester groups is 2. The molecule has 17 nitrogen and oxygen atoms in total. The summed E-state index contributed by atoms with van der Waals surface area (Å²) in [5.41, 5.74) is 0. The van der Waals surface area contributed by atoms with E-state index in [0.717, 1.165) is 114 Å². The lowest BCUT2D eigenvalue weighted by Crippen LogP contribution is -2.30. The van der Waals surface area contributed by atoms with Crippen molar-refractivity contribution >= 4 is 39.5 Å². The van der Waals surface area contributed by atoms with Crippen LogP contribution in [-0.2, 0) is 65.4 Å². The summed E-state index contributed by atoms with van der Waals surface area (Å²) in [5, 5.41) is 10.6. The monoisotopic (exact) mass is 1470 g/mol. The first-order valence-electron chi connectivity index (χ1n) is 41.7. The molecule has 0 aliphatic heterocycles. The summed E-state index contributed by atoms with van der Waals surface area (Å²) in [5.74, 6) is 0.951. The van der Waals surface area contributed by atoms with Gasteiger partial charge in [-0.15, -0.1) is 0 Å². The molecular formula is C81H158O17P2. The van der Waals surface area contributed by atoms with E-state index in [4.69, 9.17) is 37.0 Å². The number of hydrogen-bond acceptors (Lipinski definition) is 15. The number of esters is 4. The van der Waals surface area contributed by atoms with Crippen LogP contribution < -0.4 is 0 Å². The third kappa shape index (κ3) is 74.3. The normalized spacial score (nSPS) is 14.0. The van der Waals surface area contributed by atoms with Crippen LogP contribution in [0.25, 0.3) is 0 Å². The molecule has 2 unspecified atom stereocenters. The van der Waals surface area contributed by atoms with Gasteiger partial charge in [0.25, 0.3) is 0 Å². The van der Waals surface area contributed by atoms with E-state index in [1.807, 2.05) is 0 Å². The highest BCUT2D eigenvalue weighted by atomic mass is 31.2. The van der Waals surface area contributed by atoms with E-state index < -0.39 is 97.5 Å². The molecule has 0 aliphatic carbocycles. The van der Waals surface area contributed by atoms with Crippen molar-refractivity contribution in [1.29, 1.82) is 0 Å². The second kappa shape index (κ2) is 70.1. The zero-order valence-electron chi connectivity index (χ0n) is 65.8. The lowest BCUT2D eigenvalue weighted by Gasteiger charge is -2.21. The Morgan fingerprint density at radius 2 is 0.420 bits per heavy atom. The quantitative estimate of drug-likeness (QED) is 0.0222. The Morgan fingerprint density at radius 3 is 0.620 bits per heavy atom. The van der Waals surface area contributed by atoms with Crippen molar-refractivity contribution in [2.75, 3.05) is 39.6 Å². The summed E-state index contributed by atoms with van der Waals surface area (Å²) >= 11 is 0. The zero-order valence-corrected chi connectivity index (χ0v) is 67.6. The van der Waals surface area contributed by atoms with Crippen LogP contribution in [0.4, 0.5) is 0 Å². The van der Waals surface area contributed by atoms with E-state index in [0.29, 0.717) is 31.6 Å². The number of carbonyl (C=O) groups excluding carboxylic acids is 4. The molecule has 0 radical (unpaired) electrons. The second-order valence-electron chi connectivity index (χ2n) is 31.1. The van der Waals surface area contributed by atoms with Gasteiger partial charge in [0.2, 0.25) is 0 Å². The largest absolute Gasteiger partial charge is 0.472 e. The smallest absolute Gasteiger partial charge is 0.462 e. The Hall–Kier alpha value is -1.94. The number of phosphoric acid groups is 2. The number of carbonyl (C=O) groups is 4. The van der Waals surface area contributed by atoms with Crippen molar-refractivity contribution in [3.8, 4) is 0 Å². The van der Waals surface area contributed by atoms with Gasteiger partial charge in [0, 0.05) is 25.7 Å². The van der Waals surface area contributed by atoms with Crippen molar-refractivity contribution in [2.45, 2.75) is 433 Å². The average molecular weight is 1470 g/mol. The highest BCUT2D eigenvalue weighted by Gasteiger charge is 2.30. The molecule has 0 spiro atoms. The summed E-state index contributed by atoms with van der Waals surface area (Å²) in [6.45, 7) is 14.2. The summed E-state index contributed by atoms with van der Waals surface area (Å²) < 4.78 is 68.7. The van der Waals surface area contributed by atoms with Crippen LogP contribution in [0, 0.1) is 23.7 Å². The Bertz CT molecular complexity index is 1950. The van der Waals surface area contributed by atoms with Crippen LogP contribution in [0.15, 0.2) is 0 Å². The first kappa shape index (κ1) is 98.1. The third-order valence-corrected chi connectivity index (χ3v) is 20.7. The van der Waals surface area contributed by atoms with Crippen molar-refractivity contribution in [1.82, 2.24) is 0 Å². The molecule has 0 aromatic rings. The van der Waals surface area contributed by atoms with Gasteiger partial charge in [-0.25, -0.2) is 9.13 Å². The van der Waals surface area contributed by atoms with Crippen LogP contribution >= 0.6 is 15.6 Å². The summed E-state index contributed by atoms with van der Waals surface area (Å²) in [6.07, 6.45) is 57.0. The SMILES string of the molecule is CC(C)CCCCCCCCCCCCCCCCCCC(=O)O[C@H](COC(=O)CCCCCCCCCCCCCCCC(C)C)COP(=O)(O)OC[C@@H](O)COP(=O)(O)OC[C@@H](COC(=O)CCCCCCCCC(C)C)OC(=O)CCCCCCCCCCCCCCCC(C)C. The number of unbranched alkanes of at least 4 members (excludes halogenated alkanes) is 44. The minimum atomic E-state index is -4.96. The van der Waals surface area contributed by atoms with Gasteiger partial charge in [-0.3, -0.25) is 37.3 Å². The van der Waals surface area contributed by atoms with E-state index >= 15 is 0 Å². The van der Waals surface area contributed by atoms with E-state index in [1.54, 1.807) is 0 Å². The van der Waals surface area contributed by atoms with Gasteiger partial charge < -0.3 is 33.8 Å². The number of hydrogen-bond donors (Lipinski definition) is 3. The predicted octanol–water partition coefficient (Wildman–Crippen LogP) is 24.0. The molecule has 0 amide bonds. The minimum Gasteiger partial charge on any atom is -0.462 e. The van der Waals surface area contributed by atoms with Gasteiger partial charge in [-0.2, -0.15) is 0 Å². The summed E-state index contributed by atoms with van der Waals surface area (Å²) in [4.78, 5) is 73.0. The van der Waals surface area contributed by atoms with E-state index in [-0.39, 0.29) is 25.7 Å². The van der Waals surface area contributed by atoms with E-state index in [1.165, 1.54) is 212 Å². The molecule has 0 saturated carbocycles. The lowest BCUT2D eigenvalue weighted by atomic mass is 10.0. The molecule has 3 N–H and O–H groups in total. The van der Waals surface area contributed by atoms with Crippen LogP contribution in [0.2, 0.25) is 0 Å². The fraction of sp³-hybridized carbons (Fsp3) is 0.951. The minimum absolute atomic E-state index is 0.106. The average Bonchev–Trinajstić information content (AvgIpc) is 0.951. The molecule has 0 fully saturated rings. The Balaban J connectivity index is 5.23. The molecule has 0 saturated heterocycles. The molecule has 19 heteroatoms. The van der Waals surface area contributed by atoms with Crippen molar-refractivity contribution in [3.05, 3.63) is 0 Å². The molecule has 0 aromatic carbocycles. The molecule has 5 atom stereocenters. The van der Waals surface area contributed by atoms with Crippen molar-refractivity contribution in [3.63, 3.8) is 0 Å². The van der Waals surface area contributed by atoms with Crippen LogP contribution in [0.5, 0.6) is 0 Å². The maximum Gasteiger partial charge on any atom is 0.472 e. The molecule has 594 valence electrons. The number of aliphatic hydroxyl groups is 1. The number of rotatable bonds is 78. The first-order chi connectivity index (χ1) is 48.1. The van der Waals surface area contributed by atoms with Crippen LogP contribution in [0.3, 0.4) is 0 Å². The molecule has 0 rings (SSSR count). The van der Waals surface area contributed by atoms with Gasteiger partial charge in [0.05, 0.1) is 26.4 Å². The first-order valence-corrected chi connectivity index (χ1v) is 44.7. The Labute approximate surface area is 613 Å². The van der Waals surface area contributed by atoms with Gasteiger partial charge >= 0.3 is 39.5 Å². The molecule has 100 heavy (non-hydrogen) atoms. The van der Waals surface area contributed by atoms with Gasteiger partial charge in [-0.05, 0) is 49.4 Å².